The second kappa shape index (κ2) is 12.8. The van der Waals surface area contributed by atoms with Gasteiger partial charge in [0.05, 0.1) is 13.1 Å². The van der Waals surface area contributed by atoms with Crippen molar-refractivity contribution in [3.8, 4) is 0 Å². The average Bonchev–Trinajstić information content (AvgIpc) is 2.69. The number of benzene rings is 2. The minimum Gasteiger partial charge on any atom is -1.00 e. The molecule has 0 unspecified atom stereocenters. The molecular formula is C16H14Cl2F10N2. The topological polar surface area (TPSA) is 55.3 Å². The molecule has 0 heterocycles. The number of halogens is 12. The van der Waals surface area contributed by atoms with Gasteiger partial charge in [-0.2, -0.15) is 0 Å². The first-order valence-corrected chi connectivity index (χ1v) is 7.60. The van der Waals surface area contributed by atoms with E-state index in [1.54, 1.807) is 0 Å². The van der Waals surface area contributed by atoms with Crippen LogP contribution in [0.4, 0.5) is 43.9 Å². The number of hydrogen-bond donors (Lipinski definition) is 2. The molecule has 6 N–H and O–H groups in total. The van der Waals surface area contributed by atoms with Crippen LogP contribution in [0.1, 0.15) is 11.1 Å². The normalized spacial score (nSPS) is 10.0. The minimum atomic E-state index is -2.13. The molecule has 0 aromatic heterocycles. The fourth-order valence-corrected chi connectivity index (χ4v) is 2.09. The second-order valence-corrected chi connectivity index (χ2v) is 5.30. The van der Waals surface area contributed by atoms with Crippen molar-refractivity contribution in [2.75, 3.05) is 13.1 Å². The molecule has 2 rings (SSSR count). The molecule has 0 spiro atoms. The van der Waals surface area contributed by atoms with Gasteiger partial charge in [0, 0.05) is 24.0 Å². The molecule has 0 saturated carbocycles. The average molecular weight is 495 g/mol. The predicted molar refractivity (Wildman–Crippen MR) is 75.4 cm³/mol. The Morgan fingerprint density at radius 2 is 0.533 bits per heavy atom. The zero-order valence-corrected chi connectivity index (χ0v) is 16.3. The first kappa shape index (κ1) is 30.4. The van der Waals surface area contributed by atoms with Crippen LogP contribution in [0, 0.1) is 58.2 Å². The van der Waals surface area contributed by atoms with Crippen LogP contribution in [0.15, 0.2) is 0 Å². The molecule has 14 heteroatoms. The maximum Gasteiger partial charge on any atom is 0.200 e. The van der Waals surface area contributed by atoms with E-state index in [-0.39, 0.29) is 50.7 Å². The lowest BCUT2D eigenvalue weighted by Crippen LogP contribution is -3.00. The first-order chi connectivity index (χ1) is 13.0. The zero-order valence-electron chi connectivity index (χ0n) is 14.8. The van der Waals surface area contributed by atoms with E-state index >= 15 is 0 Å². The Morgan fingerprint density at radius 3 is 0.700 bits per heavy atom. The van der Waals surface area contributed by atoms with Gasteiger partial charge in [-0.1, -0.05) is 0 Å². The van der Waals surface area contributed by atoms with E-state index in [0.717, 1.165) is 0 Å². The summed E-state index contributed by atoms with van der Waals surface area (Å²) in [7, 11) is 0. The summed E-state index contributed by atoms with van der Waals surface area (Å²) >= 11 is 0. The smallest absolute Gasteiger partial charge is 0.200 e. The summed E-state index contributed by atoms with van der Waals surface area (Å²) < 4.78 is 127. The Balaban J connectivity index is 0. The van der Waals surface area contributed by atoms with Gasteiger partial charge in [0.25, 0.3) is 0 Å². The van der Waals surface area contributed by atoms with Crippen molar-refractivity contribution in [3.05, 3.63) is 69.3 Å². The molecule has 0 radical (unpaired) electrons. The van der Waals surface area contributed by atoms with E-state index in [9.17, 15) is 43.9 Å². The summed E-state index contributed by atoms with van der Waals surface area (Å²) in [5.74, 6) is -19.0. The highest BCUT2D eigenvalue weighted by molar-refractivity contribution is 5.25. The molecule has 0 fully saturated rings. The standard InChI is InChI=1S/2C8H6F5N.2ClH/c2*9-4-3(1-2-14)5(10)7(12)8(13)6(4)11;;/h2*1-2,14H2;2*1H. The van der Waals surface area contributed by atoms with Crippen LogP contribution in [0.2, 0.25) is 0 Å². The van der Waals surface area contributed by atoms with Crippen molar-refractivity contribution >= 4 is 0 Å². The summed E-state index contributed by atoms with van der Waals surface area (Å²) in [6, 6.07) is 0. The minimum absolute atomic E-state index is 0. The van der Waals surface area contributed by atoms with E-state index in [1.807, 2.05) is 0 Å². The van der Waals surface area contributed by atoms with E-state index in [0.29, 0.717) is 0 Å². The number of rotatable bonds is 4. The lowest BCUT2D eigenvalue weighted by Gasteiger charge is -2.05. The largest absolute Gasteiger partial charge is 1.00 e. The maximum absolute atomic E-state index is 12.8. The van der Waals surface area contributed by atoms with Crippen molar-refractivity contribution in [1.82, 2.24) is 0 Å². The third kappa shape index (κ3) is 6.13. The highest BCUT2D eigenvalue weighted by atomic mass is 35.5. The summed E-state index contributed by atoms with van der Waals surface area (Å²) in [4.78, 5) is 0. The molecule has 172 valence electrons. The summed E-state index contributed by atoms with van der Waals surface area (Å²) in [6.45, 7) is 0.108. The zero-order chi connectivity index (χ0) is 21.8. The number of hydrogen-bond acceptors (Lipinski definition) is 0. The van der Waals surface area contributed by atoms with Crippen molar-refractivity contribution < 1.29 is 80.2 Å². The molecule has 0 bridgehead atoms. The lowest BCUT2D eigenvalue weighted by molar-refractivity contribution is -0.367. The fraction of sp³-hybridized carbons (Fsp3) is 0.250. The van der Waals surface area contributed by atoms with Crippen LogP contribution >= 0.6 is 0 Å². The molecule has 30 heavy (non-hydrogen) atoms. The van der Waals surface area contributed by atoms with Crippen molar-refractivity contribution in [2.24, 2.45) is 0 Å². The monoisotopic (exact) mass is 494 g/mol. The lowest BCUT2D eigenvalue weighted by atomic mass is 10.1. The Bertz CT molecular complexity index is 751. The SMILES string of the molecule is [Cl-].[Cl-].[NH3+]CCc1c(F)c(F)c(F)c(F)c1F.[NH3+]CCc1c(F)c(F)c(F)c(F)c1F. The second-order valence-electron chi connectivity index (χ2n) is 5.30. The van der Waals surface area contributed by atoms with Gasteiger partial charge >= 0.3 is 0 Å². The van der Waals surface area contributed by atoms with E-state index in [1.165, 1.54) is 0 Å². The fourth-order valence-electron chi connectivity index (χ4n) is 2.09. The molecule has 2 nitrogen and oxygen atoms in total. The van der Waals surface area contributed by atoms with Crippen molar-refractivity contribution in [1.29, 1.82) is 0 Å². The first-order valence-electron chi connectivity index (χ1n) is 7.60. The quantitative estimate of drug-likeness (QED) is 0.250. The van der Waals surface area contributed by atoms with E-state index in [2.05, 4.69) is 11.5 Å². The highest BCUT2D eigenvalue weighted by Gasteiger charge is 2.26. The molecule has 0 aliphatic rings. The van der Waals surface area contributed by atoms with Gasteiger partial charge in [-0.05, 0) is 0 Å². The molecular weight excluding hydrogens is 481 g/mol. The van der Waals surface area contributed by atoms with Gasteiger partial charge in [0.15, 0.2) is 46.5 Å². The molecule has 0 amide bonds. The molecule has 2 aromatic carbocycles. The van der Waals surface area contributed by atoms with Crippen molar-refractivity contribution in [3.63, 3.8) is 0 Å². The van der Waals surface area contributed by atoms with E-state index < -0.39 is 69.3 Å². The molecule has 0 aliphatic carbocycles. The van der Waals surface area contributed by atoms with E-state index in [4.69, 9.17) is 0 Å². The Kier molecular flexibility index (Phi) is 13.0. The number of quaternary nitrogens is 2. The highest BCUT2D eigenvalue weighted by Crippen LogP contribution is 2.23. The molecule has 2 aromatic rings. The van der Waals surface area contributed by atoms with Gasteiger partial charge < -0.3 is 36.3 Å². The molecule has 0 atom stereocenters. The van der Waals surface area contributed by atoms with Crippen LogP contribution in [0.3, 0.4) is 0 Å². The van der Waals surface area contributed by atoms with Gasteiger partial charge in [-0.15, -0.1) is 0 Å². The van der Waals surface area contributed by atoms with Crippen LogP contribution in [-0.4, -0.2) is 13.1 Å². The molecule has 0 aliphatic heterocycles. The van der Waals surface area contributed by atoms with Gasteiger partial charge in [-0.25, -0.2) is 43.9 Å². The molecule has 0 saturated heterocycles. The summed E-state index contributed by atoms with van der Waals surface area (Å²) in [6.07, 6.45) is -0.572. The maximum atomic E-state index is 12.8. The summed E-state index contributed by atoms with van der Waals surface area (Å²) in [5.41, 5.74) is 4.93. The summed E-state index contributed by atoms with van der Waals surface area (Å²) in [5, 5.41) is 0. The Labute approximate surface area is 176 Å². The van der Waals surface area contributed by atoms with Gasteiger partial charge in [-0.3, -0.25) is 0 Å². The third-order valence-corrected chi connectivity index (χ3v) is 3.45. The van der Waals surface area contributed by atoms with Crippen LogP contribution in [-0.2, 0) is 12.8 Å². The van der Waals surface area contributed by atoms with Crippen molar-refractivity contribution in [2.45, 2.75) is 12.8 Å². The predicted octanol–water partition coefficient (Wildman–Crippen LogP) is -3.66. The Morgan fingerprint density at radius 1 is 0.367 bits per heavy atom. The Hall–Kier alpha value is -1.76. The third-order valence-electron chi connectivity index (χ3n) is 3.45. The van der Waals surface area contributed by atoms with Gasteiger partial charge in [0.2, 0.25) is 11.6 Å². The van der Waals surface area contributed by atoms with Gasteiger partial charge in [0.1, 0.15) is 0 Å². The van der Waals surface area contributed by atoms with Crippen LogP contribution in [0.5, 0.6) is 0 Å². The van der Waals surface area contributed by atoms with Crippen LogP contribution in [0.25, 0.3) is 0 Å². The van der Waals surface area contributed by atoms with Crippen LogP contribution < -0.4 is 36.3 Å².